The van der Waals surface area contributed by atoms with Crippen molar-refractivity contribution in [3.63, 3.8) is 0 Å². The second-order valence-electron chi connectivity index (χ2n) is 5.62. The van der Waals surface area contributed by atoms with Crippen molar-refractivity contribution in [2.75, 3.05) is 0 Å². The first-order chi connectivity index (χ1) is 11.0. The Morgan fingerprint density at radius 1 is 1.26 bits per heavy atom. The van der Waals surface area contributed by atoms with Crippen LogP contribution in [0.1, 0.15) is 16.8 Å². The molecule has 1 aromatic heterocycles. The van der Waals surface area contributed by atoms with Gasteiger partial charge in [-0.05, 0) is 48.4 Å². The van der Waals surface area contributed by atoms with E-state index in [2.05, 4.69) is 4.57 Å². The Bertz CT molecular complexity index is 899. The third-order valence-corrected chi connectivity index (χ3v) is 4.25. The number of aromatic hydroxyl groups is 1. The van der Waals surface area contributed by atoms with Gasteiger partial charge in [0.05, 0.1) is 6.42 Å². The average Bonchev–Trinajstić information content (AvgIpc) is 2.72. The smallest absolute Gasteiger partial charge is 0.221 e. The molecule has 0 aliphatic rings. The first-order valence-corrected chi connectivity index (χ1v) is 7.67. The summed E-state index contributed by atoms with van der Waals surface area (Å²) in [5, 5.41) is 11.3. The third-order valence-electron chi connectivity index (χ3n) is 4.02. The summed E-state index contributed by atoms with van der Waals surface area (Å²) in [6.07, 6.45) is 0.147. The number of halogens is 1. The minimum absolute atomic E-state index is 0.147. The van der Waals surface area contributed by atoms with E-state index >= 15 is 0 Å². The fourth-order valence-electron chi connectivity index (χ4n) is 2.96. The molecule has 0 saturated heterocycles. The molecule has 118 valence electrons. The number of aromatic nitrogens is 1. The molecule has 23 heavy (non-hydrogen) atoms. The molecule has 0 bridgehead atoms. The van der Waals surface area contributed by atoms with E-state index in [1.165, 1.54) is 0 Å². The van der Waals surface area contributed by atoms with E-state index in [1.54, 1.807) is 12.1 Å². The Balaban J connectivity index is 2.16. The lowest BCUT2D eigenvalue weighted by Crippen LogP contribution is -2.14. The van der Waals surface area contributed by atoms with Crippen LogP contribution in [0.4, 0.5) is 0 Å². The van der Waals surface area contributed by atoms with Gasteiger partial charge in [0.25, 0.3) is 0 Å². The quantitative estimate of drug-likeness (QED) is 0.771. The number of hydrogen-bond donors (Lipinski definition) is 2. The second-order valence-corrected chi connectivity index (χ2v) is 6.06. The van der Waals surface area contributed by atoms with Gasteiger partial charge in [0, 0.05) is 28.2 Å². The molecule has 0 aliphatic carbocycles. The molecule has 5 heteroatoms. The van der Waals surface area contributed by atoms with Gasteiger partial charge in [0.2, 0.25) is 5.91 Å². The number of carbonyl (C=O) groups is 1. The van der Waals surface area contributed by atoms with Crippen molar-refractivity contribution in [1.29, 1.82) is 0 Å². The summed E-state index contributed by atoms with van der Waals surface area (Å²) in [5.41, 5.74) is 9.21. The largest absolute Gasteiger partial charge is 0.508 e. The van der Waals surface area contributed by atoms with Crippen LogP contribution in [-0.4, -0.2) is 15.6 Å². The molecule has 1 heterocycles. The lowest BCUT2D eigenvalue weighted by atomic mass is 10.1. The van der Waals surface area contributed by atoms with Crippen LogP contribution in [0.15, 0.2) is 42.5 Å². The number of fused-ring (bicyclic) bond motifs is 1. The van der Waals surface area contributed by atoms with Crippen LogP contribution < -0.4 is 5.73 Å². The summed E-state index contributed by atoms with van der Waals surface area (Å²) >= 11 is 6.06. The SMILES string of the molecule is Cc1c(CC(N)=O)c2cc(O)ccc2n1Cc1cccc(Cl)c1. The van der Waals surface area contributed by atoms with Crippen molar-refractivity contribution in [1.82, 2.24) is 4.57 Å². The molecule has 0 saturated carbocycles. The second kappa shape index (κ2) is 5.97. The summed E-state index contributed by atoms with van der Waals surface area (Å²) in [4.78, 5) is 11.4. The van der Waals surface area contributed by atoms with Crippen LogP contribution in [0.3, 0.4) is 0 Å². The summed E-state index contributed by atoms with van der Waals surface area (Å²) in [7, 11) is 0. The van der Waals surface area contributed by atoms with Gasteiger partial charge >= 0.3 is 0 Å². The molecular formula is C18H17ClN2O2. The number of amides is 1. The highest BCUT2D eigenvalue weighted by Crippen LogP contribution is 2.30. The Kier molecular flexibility index (Phi) is 4.01. The van der Waals surface area contributed by atoms with Gasteiger partial charge < -0.3 is 15.4 Å². The van der Waals surface area contributed by atoms with Gasteiger partial charge in [-0.15, -0.1) is 0 Å². The van der Waals surface area contributed by atoms with Gasteiger partial charge in [-0.25, -0.2) is 0 Å². The molecular weight excluding hydrogens is 312 g/mol. The first kappa shape index (κ1) is 15.4. The molecule has 0 atom stereocenters. The number of primary amides is 1. The average molecular weight is 329 g/mol. The van der Waals surface area contributed by atoms with Crippen molar-refractivity contribution in [2.45, 2.75) is 19.9 Å². The number of carbonyl (C=O) groups excluding carboxylic acids is 1. The van der Waals surface area contributed by atoms with E-state index in [4.69, 9.17) is 17.3 Å². The maximum atomic E-state index is 11.4. The Labute approximate surface area is 139 Å². The fraction of sp³-hybridized carbons (Fsp3) is 0.167. The molecule has 0 radical (unpaired) electrons. The zero-order valence-electron chi connectivity index (χ0n) is 12.7. The Hall–Kier alpha value is -2.46. The zero-order chi connectivity index (χ0) is 16.6. The topological polar surface area (TPSA) is 68.2 Å². The monoisotopic (exact) mass is 328 g/mol. The maximum absolute atomic E-state index is 11.4. The van der Waals surface area contributed by atoms with E-state index in [0.29, 0.717) is 11.6 Å². The van der Waals surface area contributed by atoms with E-state index in [1.807, 2.05) is 37.3 Å². The summed E-state index contributed by atoms with van der Waals surface area (Å²) in [5.74, 6) is -0.221. The number of rotatable bonds is 4. The van der Waals surface area contributed by atoms with Crippen molar-refractivity contribution in [3.05, 3.63) is 64.3 Å². The lowest BCUT2D eigenvalue weighted by molar-refractivity contribution is -0.117. The van der Waals surface area contributed by atoms with E-state index < -0.39 is 5.91 Å². The van der Waals surface area contributed by atoms with Crippen molar-refractivity contribution in [2.24, 2.45) is 5.73 Å². The van der Waals surface area contributed by atoms with E-state index in [0.717, 1.165) is 27.7 Å². The van der Waals surface area contributed by atoms with E-state index in [9.17, 15) is 9.90 Å². The van der Waals surface area contributed by atoms with Crippen LogP contribution in [-0.2, 0) is 17.8 Å². The molecule has 3 N–H and O–H groups in total. The number of nitrogens with two attached hydrogens (primary N) is 1. The fourth-order valence-corrected chi connectivity index (χ4v) is 3.17. The number of nitrogens with zero attached hydrogens (tertiary/aromatic N) is 1. The molecule has 3 rings (SSSR count). The minimum Gasteiger partial charge on any atom is -0.508 e. The summed E-state index contributed by atoms with van der Waals surface area (Å²) in [6.45, 7) is 2.59. The third kappa shape index (κ3) is 3.03. The van der Waals surface area contributed by atoms with Crippen LogP contribution in [0.25, 0.3) is 10.9 Å². The van der Waals surface area contributed by atoms with Crippen LogP contribution in [0, 0.1) is 6.92 Å². The van der Waals surface area contributed by atoms with Crippen molar-refractivity contribution in [3.8, 4) is 5.75 Å². The van der Waals surface area contributed by atoms with E-state index in [-0.39, 0.29) is 12.2 Å². The number of phenols is 1. The zero-order valence-corrected chi connectivity index (χ0v) is 13.5. The number of hydrogen-bond acceptors (Lipinski definition) is 2. The Morgan fingerprint density at radius 2 is 2.04 bits per heavy atom. The molecule has 1 amide bonds. The summed E-state index contributed by atoms with van der Waals surface area (Å²) < 4.78 is 2.11. The molecule has 3 aromatic rings. The number of phenolic OH excluding ortho intramolecular Hbond substituents is 1. The predicted octanol–water partition coefficient (Wildman–Crippen LogP) is 3.38. The number of benzene rings is 2. The van der Waals surface area contributed by atoms with Gasteiger partial charge in [-0.3, -0.25) is 4.79 Å². The molecule has 2 aromatic carbocycles. The highest BCUT2D eigenvalue weighted by molar-refractivity contribution is 6.30. The van der Waals surface area contributed by atoms with Crippen LogP contribution >= 0.6 is 11.6 Å². The molecule has 0 spiro atoms. The maximum Gasteiger partial charge on any atom is 0.221 e. The predicted molar refractivity (Wildman–Crippen MR) is 91.8 cm³/mol. The lowest BCUT2D eigenvalue weighted by Gasteiger charge is -2.09. The van der Waals surface area contributed by atoms with Crippen molar-refractivity contribution >= 4 is 28.4 Å². The minimum atomic E-state index is -0.391. The highest BCUT2D eigenvalue weighted by Gasteiger charge is 2.16. The van der Waals surface area contributed by atoms with Crippen LogP contribution in [0.2, 0.25) is 5.02 Å². The van der Waals surface area contributed by atoms with Gasteiger partial charge in [0.15, 0.2) is 0 Å². The molecule has 0 aliphatic heterocycles. The molecule has 4 nitrogen and oxygen atoms in total. The normalized spacial score (nSPS) is 11.0. The van der Waals surface area contributed by atoms with Crippen molar-refractivity contribution < 1.29 is 9.90 Å². The van der Waals surface area contributed by atoms with Gasteiger partial charge in [-0.1, -0.05) is 23.7 Å². The van der Waals surface area contributed by atoms with Gasteiger partial charge in [0.1, 0.15) is 5.75 Å². The van der Waals surface area contributed by atoms with Crippen LogP contribution in [0.5, 0.6) is 5.75 Å². The van der Waals surface area contributed by atoms with Gasteiger partial charge in [-0.2, -0.15) is 0 Å². The molecule has 0 unspecified atom stereocenters. The standard InChI is InChI=1S/C18H17ClN2O2/c1-11-15(9-18(20)23)16-8-14(22)5-6-17(16)21(11)10-12-3-2-4-13(19)7-12/h2-8,22H,9-10H2,1H3,(H2,20,23). The highest BCUT2D eigenvalue weighted by atomic mass is 35.5. The molecule has 0 fully saturated rings. The Morgan fingerprint density at radius 3 is 2.74 bits per heavy atom. The first-order valence-electron chi connectivity index (χ1n) is 7.29. The summed E-state index contributed by atoms with van der Waals surface area (Å²) in [6, 6.07) is 12.8.